The molecule has 3 N–H and O–H groups in total. The summed E-state index contributed by atoms with van der Waals surface area (Å²) in [6, 6.07) is 0. The van der Waals surface area contributed by atoms with Crippen LogP contribution in [0.15, 0.2) is 23.7 Å². The molecule has 0 aliphatic carbocycles. The van der Waals surface area contributed by atoms with E-state index in [0.29, 0.717) is 0 Å². The van der Waals surface area contributed by atoms with Gasteiger partial charge in [-0.05, 0) is 12.2 Å². The summed E-state index contributed by atoms with van der Waals surface area (Å²) >= 11 is 0. The van der Waals surface area contributed by atoms with Crippen LogP contribution < -0.4 is 0 Å². The highest BCUT2D eigenvalue weighted by molar-refractivity contribution is 5.69. The fraction of sp³-hybridized carbons (Fsp3) is 0.167. The van der Waals surface area contributed by atoms with E-state index >= 15 is 0 Å². The number of aliphatic hydroxyl groups is 3. The summed E-state index contributed by atoms with van der Waals surface area (Å²) in [6.07, 6.45) is 2.24. The summed E-state index contributed by atoms with van der Waals surface area (Å²) < 4.78 is 0. The van der Waals surface area contributed by atoms with Crippen LogP contribution in [0.5, 0.6) is 0 Å². The first kappa shape index (κ1) is 8.71. The molecule has 0 aromatic rings. The van der Waals surface area contributed by atoms with Crippen LogP contribution in [-0.4, -0.2) is 28.2 Å². The van der Waals surface area contributed by atoms with Gasteiger partial charge in [-0.3, -0.25) is 4.79 Å². The monoisotopic (exact) mass is 144 g/mol. The summed E-state index contributed by atoms with van der Waals surface area (Å²) in [4.78, 5) is 9.71. The largest absolute Gasteiger partial charge is 0.510 e. The lowest BCUT2D eigenvalue weighted by molar-refractivity contribution is -0.106. The van der Waals surface area contributed by atoms with E-state index in [0.717, 1.165) is 12.2 Å². The van der Waals surface area contributed by atoms with E-state index < -0.39 is 12.4 Å². The van der Waals surface area contributed by atoms with Crippen LogP contribution in [0, 0.1) is 0 Å². The van der Waals surface area contributed by atoms with Crippen molar-refractivity contribution in [3.63, 3.8) is 0 Å². The van der Waals surface area contributed by atoms with E-state index in [1.165, 1.54) is 0 Å². The quantitative estimate of drug-likeness (QED) is 0.226. The van der Waals surface area contributed by atoms with E-state index in [2.05, 4.69) is 0 Å². The molecule has 0 aliphatic heterocycles. The van der Waals surface area contributed by atoms with Crippen LogP contribution in [0.3, 0.4) is 0 Å². The molecule has 0 aromatic carbocycles. The molecular formula is C6H8O4. The molecular weight excluding hydrogens is 136 g/mol. The number of carbonyl (C=O) groups excluding carboxylic acids is 1. The molecule has 56 valence electrons. The molecule has 0 saturated carbocycles. The Morgan fingerprint density at radius 2 is 1.90 bits per heavy atom. The van der Waals surface area contributed by atoms with Crippen LogP contribution in [0.25, 0.3) is 0 Å². The number of aldehydes is 1. The van der Waals surface area contributed by atoms with Crippen LogP contribution >= 0.6 is 0 Å². The van der Waals surface area contributed by atoms with Crippen molar-refractivity contribution in [2.75, 3.05) is 6.61 Å². The predicted octanol–water partition coefficient (Wildman–Crippen LogP) is 0.0614. The summed E-state index contributed by atoms with van der Waals surface area (Å²) in [6.45, 7) is -0.511. The number of aliphatic hydroxyl groups excluding tert-OH is 3. The molecule has 4 nitrogen and oxygen atoms in total. The van der Waals surface area contributed by atoms with Crippen molar-refractivity contribution < 1.29 is 20.1 Å². The average molecular weight is 144 g/mol. The van der Waals surface area contributed by atoms with Gasteiger partial charge in [0.2, 0.25) is 0 Å². The highest BCUT2D eigenvalue weighted by Crippen LogP contribution is 1.89. The van der Waals surface area contributed by atoms with Gasteiger partial charge in [0, 0.05) is 0 Å². The van der Waals surface area contributed by atoms with Crippen LogP contribution in [0.2, 0.25) is 0 Å². The first-order chi connectivity index (χ1) is 4.70. The second-order valence-electron chi connectivity index (χ2n) is 1.53. The van der Waals surface area contributed by atoms with Crippen molar-refractivity contribution in [1.29, 1.82) is 0 Å². The second kappa shape index (κ2) is 4.58. The number of allylic oxidation sites excluding steroid dienone is 3. The van der Waals surface area contributed by atoms with Gasteiger partial charge in [0.15, 0.2) is 12.0 Å². The van der Waals surface area contributed by atoms with E-state index in [9.17, 15) is 4.79 Å². The maximum absolute atomic E-state index is 9.71. The number of carbonyl (C=O) groups is 1. The maximum atomic E-state index is 9.71. The molecule has 0 aliphatic rings. The molecule has 0 rings (SSSR count). The first-order valence-corrected chi connectivity index (χ1v) is 2.55. The Morgan fingerprint density at radius 1 is 1.30 bits per heavy atom. The zero-order valence-corrected chi connectivity index (χ0v) is 5.19. The van der Waals surface area contributed by atoms with Gasteiger partial charge in [-0.2, -0.15) is 0 Å². The summed E-state index contributed by atoms with van der Waals surface area (Å²) in [5.74, 6) is -0.812. The van der Waals surface area contributed by atoms with Crippen molar-refractivity contribution in [2.24, 2.45) is 0 Å². The second-order valence-corrected chi connectivity index (χ2v) is 1.53. The standard InChI is InChI=1S/C6H8O4/c7-3-5(9)1-2-6(10)4-8/h1-3,8-10H,4H2/b5-1-,6-2-. The fourth-order valence-corrected chi connectivity index (χ4v) is 0.274. The molecule has 0 saturated heterocycles. The van der Waals surface area contributed by atoms with Crippen LogP contribution in [0.4, 0.5) is 0 Å². The molecule has 0 unspecified atom stereocenters. The lowest BCUT2D eigenvalue weighted by Crippen LogP contribution is -1.87. The van der Waals surface area contributed by atoms with E-state index in [1.54, 1.807) is 0 Å². The van der Waals surface area contributed by atoms with E-state index in [-0.39, 0.29) is 12.0 Å². The van der Waals surface area contributed by atoms with Gasteiger partial charge in [-0.15, -0.1) is 0 Å². The van der Waals surface area contributed by atoms with Crippen LogP contribution in [0.1, 0.15) is 0 Å². The lowest BCUT2D eigenvalue weighted by Gasteiger charge is -1.88. The molecule has 0 bridgehead atoms. The van der Waals surface area contributed by atoms with Gasteiger partial charge in [0.05, 0.1) is 0 Å². The first-order valence-electron chi connectivity index (χ1n) is 2.55. The minimum absolute atomic E-state index is 0.223. The lowest BCUT2D eigenvalue weighted by atomic mass is 10.4. The minimum Gasteiger partial charge on any atom is -0.510 e. The number of rotatable bonds is 3. The number of hydrogen-bond donors (Lipinski definition) is 3. The summed E-state index contributed by atoms with van der Waals surface area (Å²) in [5, 5.41) is 25.2. The van der Waals surface area contributed by atoms with Crippen molar-refractivity contribution in [1.82, 2.24) is 0 Å². The van der Waals surface area contributed by atoms with Crippen molar-refractivity contribution in [3.05, 3.63) is 23.7 Å². The molecule has 4 heteroatoms. The summed E-state index contributed by atoms with van der Waals surface area (Å²) in [7, 11) is 0. The third-order valence-corrected chi connectivity index (χ3v) is 0.729. The molecule has 0 spiro atoms. The minimum atomic E-state index is -0.511. The van der Waals surface area contributed by atoms with E-state index in [1.807, 2.05) is 0 Å². The highest BCUT2D eigenvalue weighted by Gasteiger charge is 1.86. The Hall–Kier alpha value is -1.29. The van der Waals surface area contributed by atoms with Gasteiger partial charge < -0.3 is 15.3 Å². The highest BCUT2D eigenvalue weighted by atomic mass is 16.3. The van der Waals surface area contributed by atoms with Gasteiger partial charge in [0.1, 0.15) is 12.4 Å². The zero-order valence-electron chi connectivity index (χ0n) is 5.19. The van der Waals surface area contributed by atoms with E-state index in [4.69, 9.17) is 15.3 Å². The maximum Gasteiger partial charge on any atom is 0.184 e. The molecule has 0 fully saturated rings. The molecule has 0 heterocycles. The normalized spacial score (nSPS) is 13.3. The third-order valence-electron chi connectivity index (χ3n) is 0.729. The van der Waals surface area contributed by atoms with Gasteiger partial charge in [0.25, 0.3) is 0 Å². The summed E-state index contributed by atoms with van der Waals surface area (Å²) in [5.41, 5.74) is 0. The molecule has 0 radical (unpaired) electrons. The average Bonchev–Trinajstić information content (AvgIpc) is 1.99. The Bertz CT molecular complexity index is 169. The van der Waals surface area contributed by atoms with Crippen molar-refractivity contribution >= 4 is 6.29 Å². The van der Waals surface area contributed by atoms with Gasteiger partial charge >= 0.3 is 0 Å². The Kier molecular flexibility index (Phi) is 3.99. The SMILES string of the molecule is O=C/C(O)=C/C=C(\O)CO. The van der Waals surface area contributed by atoms with Gasteiger partial charge in [-0.25, -0.2) is 0 Å². The van der Waals surface area contributed by atoms with Crippen molar-refractivity contribution in [3.8, 4) is 0 Å². The molecule has 0 amide bonds. The number of hydrogen-bond acceptors (Lipinski definition) is 4. The predicted molar refractivity (Wildman–Crippen MR) is 34.6 cm³/mol. The zero-order chi connectivity index (χ0) is 7.98. The van der Waals surface area contributed by atoms with Crippen LogP contribution in [-0.2, 0) is 4.79 Å². The smallest absolute Gasteiger partial charge is 0.184 e. The Labute approximate surface area is 57.7 Å². The Balaban J connectivity index is 4.03. The molecule has 0 aromatic heterocycles. The Morgan fingerprint density at radius 3 is 2.30 bits per heavy atom. The topological polar surface area (TPSA) is 77.8 Å². The molecule has 10 heavy (non-hydrogen) atoms. The van der Waals surface area contributed by atoms with Crippen molar-refractivity contribution in [2.45, 2.75) is 0 Å². The molecule has 0 atom stereocenters. The third kappa shape index (κ3) is 3.68. The van der Waals surface area contributed by atoms with Gasteiger partial charge in [-0.1, -0.05) is 0 Å². The fourth-order valence-electron chi connectivity index (χ4n) is 0.274.